The summed E-state index contributed by atoms with van der Waals surface area (Å²) in [6.07, 6.45) is -6.85. The van der Waals surface area contributed by atoms with Gasteiger partial charge in [-0.05, 0) is 24.6 Å². The molecular weight excluding hydrogens is 320 g/mol. The Labute approximate surface area is 136 Å². The summed E-state index contributed by atoms with van der Waals surface area (Å²) in [6.45, 7) is 1.23. The topological polar surface area (TPSA) is 130 Å². The Morgan fingerprint density at radius 1 is 1.12 bits per heavy atom. The van der Waals surface area contributed by atoms with Gasteiger partial charge in [0, 0.05) is 17.5 Å². The lowest BCUT2D eigenvalue weighted by Crippen LogP contribution is -2.60. The second-order valence-electron chi connectivity index (χ2n) is 5.72. The van der Waals surface area contributed by atoms with Crippen molar-refractivity contribution in [2.45, 2.75) is 37.6 Å². The van der Waals surface area contributed by atoms with Crippen LogP contribution in [0.1, 0.15) is 5.56 Å². The van der Waals surface area contributed by atoms with Crippen LogP contribution >= 0.6 is 0 Å². The van der Waals surface area contributed by atoms with Crippen LogP contribution in [0.2, 0.25) is 0 Å². The van der Waals surface area contributed by atoms with Gasteiger partial charge in [0.05, 0.1) is 6.61 Å². The molecule has 130 valence electrons. The van der Waals surface area contributed by atoms with Crippen LogP contribution in [0, 0.1) is 6.92 Å². The third kappa shape index (κ3) is 3.02. The lowest BCUT2D eigenvalue weighted by molar-refractivity contribution is -0.277. The highest BCUT2D eigenvalue weighted by Crippen LogP contribution is 2.27. The van der Waals surface area contributed by atoms with Crippen LogP contribution < -0.4 is 10.4 Å². The van der Waals surface area contributed by atoms with E-state index in [0.717, 1.165) is 10.9 Å². The summed E-state index contributed by atoms with van der Waals surface area (Å²) in [5.74, 6) is 0.237. The molecule has 2 heterocycles. The summed E-state index contributed by atoms with van der Waals surface area (Å²) in [6, 6.07) is 6.12. The van der Waals surface area contributed by atoms with E-state index in [2.05, 4.69) is 0 Å². The van der Waals surface area contributed by atoms with E-state index in [0.29, 0.717) is 5.58 Å². The maximum Gasteiger partial charge on any atom is 0.336 e. The van der Waals surface area contributed by atoms with Crippen LogP contribution in [0.5, 0.6) is 5.75 Å². The van der Waals surface area contributed by atoms with Crippen molar-refractivity contribution in [2.75, 3.05) is 6.61 Å². The molecule has 24 heavy (non-hydrogen) atoms. The predicted molar refractivity (Wildman–Crippen MR) is 81.6 cm³/mol. The van der Waals surface area contributed by atoms with E-state index in [4.69, 9.17) is 19.0 Å². The van der Waals surface area contributed by atoms with Gasteiger partial charge in [0.15, 0.2) is 0 Å². The Morgan fingerprint density at radius 3 is 2.58 bits per heavy atom. The monoisotopic (exact) mass is 338 g/mol. The van der Waals surface area contributed by atoms with Crippen molar-refractivity contribution < 1.29 is 34.3 Å². The molecule has 3 rings (SSSR count). The lowest BCUT2D eigenvalue weighted by Gasteiger charge is -2.39. The first kappa shape index (κ1) is 16.9. The second-order valence-corrected chi connectivity index (χ2v) is 5.72. The van der Waals surface area contributed by atoms with E-state index in [-0.39, 0.29) is 5.75 Å². The summed E-state index contributed by atoms with van der Waals surface area (Å²) in [7, 11) is 0. The zero-order valence-electron chi connectivity index (χ0n) is 12.8. The molecule has 1 fully saturated rings. The molecular formula is C16H18O8. The quantitative estimate of drug-likeness (QED) is 0.540. The SMILES string of the molecule is Cc1cc(=O)oc2cc(O[C@H]3O[C@H](CO)[C@H](O)[C@@H](O)[C@@H]3O)ccc12. The molecule has 0 spiro atoms. The second kappa shape index (κ2) is 6.50. The fourth-order valence-corrected chi connectivity index (χ4v) is 2.68. The van der Waals surface area contributed by atoms with Crippen molar-refractivity contribution in [3.63, 3.8) is 0 Å². The van der Waals surface area contributed by atoms with Gasteiger partial charge in [-0.15, -0.1) is 0 Å². The summed E-state index contributed by atoms with van der Waals surface area (Å²) in [5.41, 5.74) is 0.563. The summed E-state index contributed by atoms with van der Waals surface area (Å²) in [4.78, 5) is 11.5. The zero-order valence-corrected chi connectivity index (χ0v) is 12.8. The molecule has 2 aromatic rings. The highest BCUT2D eigenvalue weighted by atomic mass is 16.7. The van der Waals surface area contributed by atoms with Gasteiger partial charge >= 0.3 is 5.63 Å². The number of aliphatic hydroxyl groups is 4. The molecule has 1 aliphatic heterocycles. The predicted octanol–water partition coefficient (Wildman–Crippen LogP) is -0.720. The minimum absolute atomic E-state index is 0.237. The third-order valence-electron chi connectivity index (χ3n) is 4.02. The van der Waals surface area contributed by atoms with Gasteiger partial charge in [0.25, 0.3) is 0 Å². The first-order chi connectivity index (χ1) is 11.4. The molecule has 0 aliphatic carbocycles. The van der Waals surface area contributed by atoms with E-state index in [1.54, 1.807) is 19.1 Å². The molecule has 1 saturated heterocycles. The van der Waals surface area contributed by atoms with E-state index in [1.165, 1.54) is 12.1 Å². The average molecular weight is 338 g/mol. The highest BCUT2D eigenvalue weighted by molar-refractivity contribution is 5.81. The minimum atomic E-state index is -1.53. The molecule has 0 bridgehead atoms. The molecule has 0 unspecified atom stereocenters. The number of aryl methyl sites for hydroxylation is 1. The largest absolute Gasteiger partial charge is 0.462 e. The van der Waals surface area contributed by atoms with Gasteiger partial charge in [-0.3, -0.25) is 0 Å². The van der Waals surface area contributed by atoms with Crippen molar-refractivity contribution >= 4 is 11.0 Å². The van der Waals surface area contributed by atoms with E-state index in [1.807, 2.05) is 0 Å². The van der Waals surface area contributed by atoms with E-state index < -0.39 is 42.9 Å². The van der Waals surface area contributed by atoms with Gasteiger partial charge in [-0.1, -0.05) is 0 Å². The average Bonchev–Trinajstić information content (AvgIpc) is 2.55. The molecule has 4 N–H and O–H groups in total. The Hall–Kier alpha value is -1.97. The molecule has 0 radical (unpaired) electrons. The fraction of sp³-hybridized carbons (Fsp3) is 0.438. The Bertz CT molecular complexity index is 783. The Kier molecular flexibility index (Phi) is 4.57. The zero-order chi connectivity index (χ0) is 17.4. The summed E-state index contributed by atoms with van der Waals surface area (Å²) in [5, 5.41) is 39.4. The van der Waals surface area contributed by atoms with Gasteiger partial charge in [-0.2, -0.15) is 0 Å². The minimum Gasteiger partial charge on any atom is -0.462 e. The van der Waals surface area contributed by atoms with Crippen LogP contribution in [0.15, 0.2) is 33.5 Å². The van der Waals surface area contributed by atoms with Crippen LogP contribution in [0.3, 0.4) is 0 Å². The molecule has 0 saturated carbocycles. The molecule has 1 aliphatic rings. The number of aliphatic hydroxyl groups excluding tert-OH is 4. The Morgan fingerprint density at radius 2 is 1.88 bits per heavy atom. The van der Waals surface area contributed by atoms with Crippen molar-refractivity contribution in [1.82, 2.24) is 0 Å². The van der Waals surface area contributed by atoms with Crippen LogP contribution in [0.25, 0.3) is 11.0 Å². The number of hydrogen-bond donors (Lipinski definition) is 4. The van der Waals surface area contributed by atoms with Crippen molar-refractivity contribution in [1.29, 1.82) is 0 Å². The number of ether oxygens (including phenoxy) is 2. The molecule has 1 aromatic carbocycles. The molecule has 8 heteroatoms. The van der Waals surface area contributed by atoms with Crippen molar-refractivity contribution in [3.05, 3.63) is 40.2 Å². The standard InChI is InChI=1S/C16H18O8/c1-7-4-12(18)23-10-5-8(2-3-9(7)10)22-16-15(21)14(20)13(19)11(6-17)24-16/h2-5,11,13-17,19-21H,6H2,1H3/t11-,13+,14-,15+,16+/m1/s1. The van der Waals surface area contributed by atoms with Crippen LogP contribution in [0.4, 0.5) is 0 Å². The normalized spacial score (nSPS) is 30.5. The van der Waals surface area contributed by atoms with E-state index >= 15 is 0 Å². The van der Waals surface area contributed by atoms with Crippen molar-refractivity contribution in [3.8, 4) is 5.75 Å². The van der Waals surface area contributed by atoms with Crippen LogP contribution in [-0.4, -0.2) is 57.7 Å². The lowest BCUT2D eigenvalue weighted by atomic mass is 9.99. The summed E-state index contributed by atoms with van der Waals surface area (Å²) < 4.78 is 15.9. The highest BCUT2D eigenvalue weighted by Gasteiger charge is 2.44. The molecule has 0 amide bonds. The van der Waals surface area contributed by atoms with E-state index in [9.17, 15) is 20.1 Å². The van der Waals surface area contributed by atoms with Crippen LogP contribution in [-0.2, 0) is 4.74 Å². The smallest absolute Gasteiger partial charge is 0.336 e. The summed E-state index contributed by atoms with van der Waals surface area (Å²) >= 11 is 0. The number of fused-ring (bicyclic) bond motifs is 1. The molecule has 5 atom stereocenters. The van der Waals surface area contributed by atoms with Gasteiger partial charge in [0.2, 0.25) is 6.29 Å². The number of hydrogen-bond acceptors (Lipinski definition) is 8. The van der Waals surface area contributed by atoms with Gasteiger partial charge in [0.1, 0.15) is 35.7 Å². The first-order valence-electron chi connectivity index (χ1n) is 7.42. The number of benzene rings is 1. The first-order valence-corrected chi connectivity index (χ1v) is 7.42. The maximum absolute atomic E-state index is 11.5. The molecule has 8 nitrogen and oxygen atoms in total. The third-order valence-corrected chi connectivity index (χ3v) is 4.02. The fourth-order valence-electron chi connectivity index (χ4n) is 2.68. The van der Waals surface area contributed by atoms with Crippen molar-refractivity contribution in [2.24, 2.45) is 0 Å². The maximum atomic E-state index is 11.5. The number of rotatable bonds is 3. The van der Waals surface area contributed by atoms with Gasteiger partial charge < -0.3 is 34.3 Å². The van der Waals surface area contributed by atoms with Gasteiger partial charge in [-0.25, -0.2) is 4.79 Å². The Balaban J connectivity index is 1.87. The molecule has 1 aromatic heterocycles.